The van der Waals surface area contributed by atoms with Crippen LogP contribution in [0.25, 0.3) is 0 Å². The van der Waals surface area contributed by atoms with Crippen molar-refractivity contribution in [1.29, 1.82) is 0 Å². The first kappa shape index (κ1) is 14.5. The van der Waals surface area contributed by atoms with E-state index in [1.54, 1.807) is 18.4 Å². The van der Waals surface area contributed by atoms with Crippen molar-refractivity contribution in [2.24, 2.45) is 0 Å². The summed E-state index contributed by atoms with van der Waals surface area (Å²) < 4.78 is 5.11. The van der Waals surface area contributed by atoms with Crippen molar-refractivity contribution in [3.8, 4) is 0 Å². The lowest BCUT2D eigenvalue weighted by molar-refractivity contribution is 0.187. The van der Waals surface area contributed by atoms with Crippen molar-refractivity contribution in [2.75, 3.05) is 13.7 Å². The normalized spacial score (nSPS) is 10.8. The Hall–Kier alpha value is -0.870. The number of ether oxygens (including phenoxy) is 1. The first-order chi connectivity index (χ1) is 9.28. The van der Waals surface area contributed by atoms with Crippen molar-refractivity contribution in [3.05, 3.63) is 56.7 Å². The quantitative estimate of drug-likeness (QED) is 0.783. The zero-order valence-corrected chi connectivity index (χ0v) is 12.6. The number of methoxy groups -OCH3 is 1. The second-order valence-electron chi connectivity index (χ2n) is 4.36. The highest BCUT2D eigenvalue weighted by Crippen LogP contribution is 2.17. The van der Waals surface area contributed by atoms with Crippen LogP contribution in [-0.4, -0.2) is 13.7 Å². The SMILES string of the molecule is COCc1ccc(CNCCc2cccc(Cl)c2)s1. The minimum absolute atomic E-state index is 0.702. The van der Waals surface area contributed by atoms with Crippen molar-refractivity contribution in [1.82, 2.24) is 5.32 Å². The van der Waals surface area contributed by atoms with Gasteiger partial charge in [0, 0.05) is 28.4 Å². The molecule has 0 bridgehead atoms. The highest BCUT2D eigenvalue weighted by atomic mass is 35.5. The van der Waals surface area contributed by atoms with Gasteiger partial charge in [-0.25, -0.2) is 0 Å². The molecule has 1 aromatic heterocycles. The molecule has 0 saturated heterocycles. The Bertz CT molecular complexity index is 512. The third kappa shape index (κ3) is 4.96. The molecule has 0 amide bonds. The Morgan fingerprint density at radius 1 is 1.21 bits per heavy atom. The summed E-state index contributed by atoms with van der Waals surface area (Å²) in [5.41, 5.74) is 1.27. The van der Waals surface area contributed by atoms with Crippen LogP contribution in [0.5, 0.6) is 0 Å². The Labute approximate surface area is 123 Å². The molecular formula is C15H18ClNOS. The summed E-state index contributed by atoms with van der Waals surface area (Å²) in [7, 11) is 1.72. The van der Waals surface area contributed by atoms with Crippen LogP contribution in [0.15, 0.2) is 36.4 Å². The zero-order chi connectivity index (χ0) is 13.5. The summed E-state index contributed by atoms with van der Waals surface area (Å²) in [6.07, 6.45) is 0.997. The maximum absolute atomic E-state index is 5.96. The highest BCUT2D eigenvalue weighted by Gasteiger charge is 2.00. The largest absolute Gasteiger partial charge is 0.379 e. The van der Waals surface area contributed by atoms with Crippen LogP contribution in [-0.2, 0) is 24.3 Å². The Morgan fingerprint density at radius 2 is 2.05 bits per heavy atom. The van der Waals surface area contributed by atoms with E-state index in [1.165, 1.54) is 15.3 Å². The van der Waals surface area contributed by atoms with Crippen LogP contribution in [0.4, 0.5) is 0 Å². The van der Waals surface area contributed by atoms with Gasteiger partial charge in [0.15, 0.2) is 0 Å². The molecule has 4 heteroatoms. The number of benzene rings is 1. The molecule has 0 spiro atoms. The topological polar surface area (TPSA) is 21.3 Å². The fraction of sp³-hybridized carbons (Fsp3) is 0.333. The molecule has 0 radical (unpaired) electrons. The molecule has 0 aliphatic heterocycles. The van der Waals surface area contributed by atoms with Gasteiger partial charge in [0.2, 0.25) is 0 Å². The van der Waals surface area contributed by atoms with Gasteiger partial charge in [-0.1, -0.05) is 23.7 Å². The highest BCUT2D eigenvalue weighted by molar-refractivity contribution is 7.11. The molecule has 0 aliphatic rings. The second-order valence-corrected chi connectivity index (χ2v) is 6.05. The molecule has 0 saturated carbocycles. The van der Waals surface area contributed by atoms with Gasteiger partial charge >= 0.3 is 0 Å². The summed E-state index contributed by atoms with van der Waals surface area (Å²) >= 11 is 7.75. The summed E-state index contributed by atoms with van der Waals surface area (Å²) in [4.78, 5) is 2.62. The maximum atomic E-state index is 5.96. The molecular weight excluding hydrogens is 278 g/mol. The Morgan fingerprint density at radius 3 is 2.84 bits per heavy atom. The number of rotatable bonds is 7. The first-order valence-corrected chi connectivity index (χ1v) is 7.49. The third-order valence-corrected chi connectivity index (χ3v) is 4.08. The van der Waals surface area contributed by atoms with Gasteiger partial charge in [-0.2, -0.15) is 0 Å². The van der Waals surface area contributed by atoms with Gasteiger partial charge in [-0.15, -0.1) is 11.3 Å². The molecule has 102 valence electrons. The van der Waals surface area contributed by atoms with E-state index in [0.29, 0.717) is 6.61 Å². The standard InChI is InChI=1S/C15H18ClNOS/c1-18-11-15-6-5-14(19-15)10-17-8-7-12-3-2-4-13(16)9-12/h2-6,9,17H,7-8,10-11H2,1H3. The minimum Gasteiger partial charge on any atom is -0.379 e. The van der Waals surface area contributed by atoms with Gasteiger partial charge in [0.25, 0.3) is 0 Å². The molecule has 2 nitrogen and oxygen atoms in total. The molecule has 1 aromatic carbocycles. The van der Waals surface area contributed by atoms with Gasteiger partial charge in [-0.3, -0.25) is 0 Å². The summed E-state index contributed by atoms with van der Waals surface area (Å²) in [5.74, 6) is 0. The predicted octanol–water partition coefficient (Wildman–Crippen LogP) is 3.88. The smallest absolute Gasteiger partial charge is 0.0805 e. The lowest BCUT2D eigenvalue weighted by Gasteiger charge is -2.04. The molecule has 19 heavy (non-hydrogen) atoms. The fourth-order valence-electron chi connectivity index (χ4n) is 1.87. The van der Waals surface area contributed by atoms with Gasteiger partial charge in [0.05, 0.1) is 6.61 Å². The molecule has 0 unspecified atom stereocenters. The van der Waals surface area contributed by atoms with Crippen molar-refractivity contribution < 1.29 is 4.74 Å². The van der Waals surface area contributed by atoms with E-state index in [4.69, 9.17) is 16.3 Å². The van der Waals surface area contributed by atoms with E-state index < -0.39 is 0 Å². The van der Waals surface area contributed by atoms with Crippen LogP contribution < -0.4 is 5.32 Å². The first-order valence-electron chi connectivity index (χ1n) is 6.29. The Balaban J connectivity index is 1.71. The van der Waals surface area contributed by atoms with Crippen LogP contribution in [0, 0.1) is 0 Å². The molecule has 2 aromatic rings. The molecule has 1 heterocycles. The lowest BCUT2D eigenvalue weighted by Crippen LogP contribution is -2.15. The van der Waals surface area contributed by atoms with Gasteiger partial charge in [-0.05, 0) is 42.8 Å². The monoisotopic (exact) mass is 295 g/mol. The molecule has 1 N–H and O–H groups in total. The number of nitrogens with one attached hydrogen (secondary N) is 1. The van der Waals surface area contributed by atoms with E-state index in [2.05, 4.69) is 23.5 Å². The molecule has 0 fully saturated rings. The Kier molecular flexibility index (Phi) is 5.86. The third-order valence-electron chi connectivity index (χ3n) is 2.78. The number of hydrogen-bond donors (Lipinski definition) is 1. The van der Waals surface area contributed by atoms with Crippen molar-refractivity contribution >= 4 is 22.9 Å². The van der Waals surface area contributed by atoms with E-state index in [1.807, 2.05) is 18.2 Å². The van der Waals surface area contributed by atoms with E-state index >= 15 is 0 Å². The summed E-state index contributed by atoms with van der Waals surface area (Å²) in [6.45, 7) is 2.57. The lowest BCUT2D eigenvalue weighted by atomic mass is 10.1. The van der Waals surface area contributed by atoms with Crippen LogP contribution in [0.2, 0.25) is 5.02 Å². The van der Waals surface area contributed by atoms with E-state index in [9.17, 15) is 0 Å². The number of hydrogen-bond acceptors (Lipinski definition) is 3. The van der Waals surface area contributed by atoms with Crippen LogP contribution in [0.3, 0.4) is 0 Å². The fourth-order valence-corrected chi connectivity index (χ4v) is 3.05. The minimum atomic E-state index is 0.702. The van der Waals surface area contributed by atoms with E-state index in [-0.39, 0.29) is 0 Å². The average Bonchev–Trinajstić information content (AvgIpc) is 2.83. The van der Waals surface area contributed by atoms with Crippen molar-refractivity contribution in [2.45, 2.75) is 19.6 Å². The summed E-state index contributed by atoms with van der Waals surface area (Å²) in [6, 6.07) is 12.3. The van der Waals surface area contributed by atoms with Crippen LogP contribution >= 0.6 is 22.9 Å². The molecule has 0 atom stereocenters. The average molecular weight is 296 g/mol. The summed E-state index contributed by atoms with van der Waals surface area (Å²) in [5, 5.41) is 4.26. The zero-order valence-electron chi connectivity index (χ0n) is 11.0. The van der Waals surface area contributed by atoms with Gasteiger partial charge in [0.1, 0.15) is 0 Å². The van der Waals surface area contributed by atoms with Crippen molar-refractivity contribution in [3.63, 3.8) is 0 Å². The molecule has 2 rings (SSSR count). The number of thiophene rings is 1. The second kappa shape index (κ2) is 7.65. The molecule has 0 aliphatic carbocycles. The predicted molar refractivity (Wildman–Crippen MR) is 81.9 cm³/mol. The van der Waals surface area contributed by atoms with Crippen LogP contribution in [0.1, 0.15) is 15.3 Å². The maximum Gasteiger partial charge on any atom is 0.0805 e. The van der Waals surface area contributed by atoms with E-state index in [0.717, 1.165) is 24.5 Å². The number of halogens is 1. The van der Waals surface area contributed by atoms with Gasteiger partial charge < -0.3 is 10.1 Å².